The quantitative estimate of drug-likeness (QED) is 0.539. The van der Waals surface area contributed by atoms with Crippen LogP contribution < -0.4 is 0 Å². The maximum Gasteiger partial charge on any atom is 0.137 e. The van der Waals surface area contributed by atoms with Gasteiger partial charge >= 0.3 is 0 Å². The van der Waals surface area contributed by atoms with Crippen LogP contribution in [0.5, 0.6) is 0 Å². The Morgan fingerprint density at radius 2 is 1.47 bits per heavy atom. The lowest BCUT2D eigenvalue weighted by Crippen LogP contribution is -2.46. The van der Waals surface area contributed by atoms with Crippen LogP contribution in [0.3, 0.4) is 0 Å². The van der Waals surface area contributed by atoms with Gasteiger partial charge in [-0.05, 0) is 19.3 Å². The zero-order chi connectivity index (χ0) is 15.1. The van der Waals surface area contributed by atoms with Crippen molar-refractivity contribution in [2.75, 3.05) is 39.6 Å². The minimum absolute atomic E-state index is 0.211. The van der Waals surface area contributed by atoms with E-state index in [0.717, 1.165) is 0 Å². The third kappa shape index (κ3) is 7.71. The van der Waals surface area contributed by atoms with Gasteiger partial charge in [-0.2, -0.15) is 0 Å². The molecule has 0 saturated heterocycles. The second-order valence-electron chi connectivity index (χ2n) is 3.86. The molecule has 0 unspecified atom stereocenters. The molecule has 0 radical (unpaired) electrons. The Hall–Kier alpha value is -0.160. The second kappa shape index (κ2) is 11.0. The minimum Gasteiger partial charge on any atom is -0.393 e. The molecule has 0 fully saturated rings. The fraction of sp³-hybridized carbons (Fsp3) is 1.00. The van der Waals surface area contributed by atoms with Crippen LogP contribution in [0, 0.1) is 0 Å². The van der Waals surface area contributed by atoms with Gasteiger partial charge in [-0.15, -0.1) is 0 Å². The van der Waals surface area contributed by atoms with Crippen LogP contribution in [0.25, 0.3) is 0 Å². The Kier molecular flexibility index (Phi) is 7.67. The molecule has 0 bridgehead atoms. The average Bonchev–Trinajstić information content (AvgIpc) is 2.47. The van der Waals surface area contributed by atoms with Crippen molar-refractivity contribution in [2.45, 2.75) is 45.6 Å². The average molecular weight is 251 g/mol. The molecule has 0 aliphatic heterocycles. The van der Waals surface area contributed by atoms with Crippen molar-refractivity contribution in [1.82, 2.24) is 0 Å². The van der Waals surface area contributed by atoms with Gasteiger partial charge < -0.3 is 19.3 Å². The number of aliphatic hydroxyl groups is 1. The molecule has 0 aliphatic rings. The van der Waals surface area contributed by atoms with Crippen molar-refractivity contribution < 1.29 is 23.4 Å². The van der Waals surface area contributed by atoms with Gasteiger partial charge in [0.2, 0.25) is 0 Å². The lowest BCUT2D eigenvalue weighted by Gasteiger charge is -2.31. The fourth-order valence-electron chi connectivity index (χ4n) is 1.27. The van der Waals surface area contributed by atoms with E-state index >= 15 is 0 Å². The molecular formula is C13H28O4. The van der Waals surface area contributed by atoms with Crippen LogP contribution >= 0.6 is 0 Å². The minimum atomic E-state index is -0.904. The zero-order valence-electron chi connectivity index (χ0n) is 13.7. The molecule has 1 N–H and O–H groups in total. The molecule has 0 rings (SSSR count). The summed E-state index contributed by atoms with van der Waals surface area (Å²) < 4.78 is 37.8. The van der Waals surface area contributed by atoms with Gasteiger partial charge in [-0.1, -0.05) is 20.7 Å². The summed E-state index contributed by atoms with van der Waals surface area (Å²) in [4.78, 5) is 0. The molecule has 0 spiro atoms. The summed E-state index contributed by atoms with van der Waals surface area (Å²) in [5, 5.41) is 9.58. The van der Waals surface area contributed by atoms with Crippen LogP contribution in [0.4, 0.5) is 0 Å². The first-order chi connectivity index (χ1) is 9.74. The summed E-state index contributed by atoms with van der Waals surface area (Å²) in [7, 11) is 0. The number of hydrogen-bond acceptors (Lipinski definition) is 4. The molecule has 4 nitrogen and oxygen atoms in total. The molecule has 0 heterocycles. The Morgan fingerprint density at radius 1 is 0.941 bits per heavy atom. The van der Waals surface area contributed by atoms with Gasteiger partial charge in [0.25, 0.3) is 0 Å². The zero-order valence-corrected chi connectivity index (χ0v) is 10.7. The van der Waals surface area contributed by atoms with Crippen molar-refractivity contribution in [1.29, 1.82) is 0 Å². The smallest absolute Gasteiger partial charge is 0.137 e. The van der Waals surface area contributed by atoms with E-state index in [4.69, 9.17) is 18.3 Å². The summed E-state index contributed by atoms with van der Waals surface area (Å²) in [6, 6.07) is 0. The van der Waals surface area contributed by atoms with E-state index in [0.29, 0.717) is 52.9 Å². The number of ether oxygens (including phenoxy) is 3. The summed E-state index contributed by atoms with van der Waals surface area (Å²) in [6.45, 7) is 2.41. The van der Waals surface area contributed by atoms with Gasteiger partial charge in [-0.25, -0.2) is 0 Å². The van der Waals surface area contributed by atoms with Crippen LogP contribution in [0.15, 0.2) is 0 Å². The monoisotopic (exact) mass is 251 g/mol. The Labute approximate surface area is 109 Å². The van der Waals surface area contributed by atoms with Crippen LogP contribution in [-0.2, 0) is 14.2 Å². The van der Waals surface area contributed by atoms with E-state index in [-0.39, 0.29) is 26.7 Å². The van der Waals surface area contributed by atoms with Gasteiger partial charge in [0.1, 0.15) is 5.60 Å². The standard InChI is InChI=1S/C13H28O4/c1-4-7-15-11-13(10-14,17-9-6-3)12-16-8-5-2/h14H,4-12H2,1-3H3/i1D,2D,3D. The highest BCUT2D eigenvalue weighted by Crippen LogP contribution is 2.13. The van der Waals surface area contributed by atoms with E-state index in [1.807, 2.05) is 0 Å². The first kappa shape index (κ1) is 11.9. The van der Waals surface area contributed by atoms with Crippen molar-refractivity contribution in [2.24, 2.45) is 0 Å². The largest absolute Gasteiger partial charge is 0.393 e. The molecular weight excluding hydrogens is 220 g/mol. The third-order valence-corrected chi connectivity index (χ3v) is 2.15. The highest BCUT2D eigenvalue weighted by Gasteiger charge is 2.31. The molecule has 4 heteroatoms. The number of aliphatic hydroxyl groups excluding tert-OH is 1. The van der Waals surface area contributed by atoms with Crippen molar-refractivity contribution in [3.63, 3.8) is 0 Å². The van der Waals surface area contributed by atoms with E-state index in [1.165, 1.54) is 0 Å². The Balaban J connectivity index is 4.20. The lowest BCUT2D eigenvalue weighted by atomic mass is 10.1. The van der Waals surface area contributed by atoms with Crippen LogP contribution in [0.2, 0.25) is 0 Å². The highest BCUT2D eigenvalue weighted by atomic mass is 16.6. The van der Waals surface area contributed by atoms with Gasteiger partial charge in [-0.3, -0.25) is 0 Å². The van der Waals surface area contributed by atoms with E-state index in [9.17, 15) is 5.11 Å². The molecule has 0 amide bonds. The Morgan fingerprint density at radius 3 is 1.94 bits per heavy atom. The third-order valence-electron chi connectivity index (χ3n) is 2.15. The molecule has 0 atom stereocenters. The molecule has 17 heavy (non-hydrogen) atoms. The van der Waals surface area contributed by atoms with E-state index < -0.39 is 5.60 Å². The maximum absolute atomic E-state index is 9.58. The number of rotatable bonds is 12. The predicted octanol–water partition coefficient (Wildman–Crippen LogP) is 2.00. The first-order valence-corrected chi connectivity index (χ1v) is 6.02. The van der Waals surface area contributed by atoms with Crippen molar-refractivity contribution >= 4 is 0 Å². The predicted molar refractivity (Wildman–Crippen MR) is 68.3 cm³/mol. The fourth-order valence-corrected chi connectivity index (χ4v) is 1.27. The maximum atomic E-state index is 9.58. The molecule has 0 aromatic rings. The van der Waals surface area contributed by atoms with Gasteiger partial charge in [0.15, 0.2) is 0 Å². The normalized spacial score (nSPS) is 14.3. The van der Waals surface area contributed by atoms with Crippen LogP contribution in [-0.4, -0.2) is 50.3 Å². The number of hydrogen-bond donors (Lipinski definition) is 1. The van der Waals surface area contributed by atoms with Crippen molar-refractivity contribution in [3.05, 3.63) is 0 Å². The molecule has 0 aliphatic carbocycles. The lowest BCUT2D eigenvalue weighted by molar-refractivity contribution is -0.156. The second-order valence-corrected chi connectivity index (χ2v) is 3.86. The van der Waals surface area contributed by atoms with Gasteiger partial charge in [0.05, 0.1) is 19.8 Å². The van der Waals surface area contributed by atoms with Gasteiger partial charge in [0, 0.05) is 23.9 Å². The highest BCUT2D eigenvalue weighted by molar-refractivity contribution is 4.80. The Bertz CT molecular complexity index is 196. The SMILES string of the molecule is [2H]CCCOCC(CO)(COCCC[2H])OCCC[2H]. The van der Waals surface area contributed by atoms with E-state index in [2.05, 4.69) is 0 Å². The molecule has 0 saturated carbocycles. The molecule has 104 valence electrons. The van der Waals surface area contributed by atoms with E-state index in [1.54, 1.807) is 0 Å². The summed E-state index contributed by atoms with van der Waals surface area (Å²) in [5.41, 5.74) is -0.904. The molecule has 0 aromatic carbocycles. The molecule has 0 aromatic heterocycles. The van der Waals surface area contributed by atoms with Crippen molar-refractivity contribution in [3.8, 4) is 0 Å². The summed E-state index contributed by atoms with van der Waals surface area (Å²) in [6.07, 6.45) is 1.89. The summed E-state index contributed by atoms with van der Waals surface area (Å²) in [5.74, 6) is 0. The topological polar surface area (TPSA) is 47.9 Å². The first-order valence-electron chi connectivity index (χ1n) is 8.15. The summed E-state index contributed by atoms with van der Waals surface area (Å²) >= 11 is 0. The van der Waals surface area contributed by atoms with Crippen LogP contribution in [0.1, 0.15) is 44.1 Å².